The van der Waals surface area contributed by atoms with Gasteiger partial charge in [0, 0.05) is 11.1 Å². The number of carbonyl (C=O) groups is 1. The summed E-state index contributed by atoms with van der Waals surface area (Å²) in [6, 6.07) is 13.9. The van der Waals surface area contributed by atoms with Crippen LogP contribution in [0, 0.1) is 13.8 Å². The van der Waals surface area contributed by atoms with Gasteiger partial charge in [0.05, 0.1) is 0 Å². The van der Waals surface area contributed by atoms with Crippen LogP contribution in [-0.2, 0) is 5.41 Å². The summed E-state index contributed by atoms with van der Waals surface area (Å²) in [5.74, 6) is 0.119. The summed E-state index contributed by atoms with van der Waals surface area (Å²) < 4.78 is 0. The molecule has 0 saturated carbocycles. The molecule has 0 aliphatic rings. The molecule has 0 fully saturated rings. The lowest BCUT2D eigenvalue weighted by Gasteiger charge is -2.22. The Hall–Kier alpha value is -1.89. The van der Waals surface area contributed by atoms with Gasteiger partial charge in [-0.05, 0) is 30.4 Å². The number of hydrogen-bond donors (Lipinski definition) is 0. The van der Waals surface area contributed by atoms with Gasteiger partial charge >= 0.3 is 0 Å². The van der Waals surface area contributed by atoms with Crippen LogP contribution in [0.3, 0.4) is 0 Å². The number of rotatable bonds is 2. The molecule has 0 radical (unpaired) electrons. The average Bonchev–Trinajstić information content (AvgIpc) is 2.37. The van der Waals surface area contributed by atoms with Crippen LogP contribution in [-0.4, -0.2) is 5.78 Å². The Morgan fingerprint density at radius 2 is 1.55 bits per heavy atom. The van der Waals surface area contributed by atoms with Gasteiger partial charge in [-0.25, -0.2) is 0 Å². The molecule has 0 saturated heterocycles. The average molecular weight is 266 g/mol. The monoisotopic (exact) mass is 266 g/mol. The molecule has 1 nitrogen and oxygen atoms in total. The van der Waals surface area contributed by atoms with Gasteiger partial charge in [0.2, 0.25) is 0 Å². The second-order valence-corrected chi connectivity index (χ2v) is 6.44. The third-order valence-corrected chi connectivity index (χ3v) is 3.61. The van der Waals surface area contributed by atoms with E-state index in [1.165, 1.54) is 5.56 Å². The van der Waals surface area contributed by atoms with Crippen molar-refractivity contribution in [2.24, 2.45) is 0 Å². The molecule has 0 spiro atoms. The lowest BCUT2D eigenvalue weighted by Crippen LogP contribution is -2.17. The highest BCUT2D eigenvalue weighted by Crippen LogP contribution is 2.28. The molecule has 0 atom stereocenters. The summed E-state index contributed by atoms with van der Waals surface area (Å²) in [5.41, 5.74) is 4.90. The summed E-state index contributed by atoms with van der Waals surface area (Å²) in [4.78, 5) is 12.8. The van der Waals surface area contributed by atoms with E-state index in [1.54, 1.807) is 0 Å². The molecule has 0 aromatic heterocycles. The zero-order chi connectivity index (χ0) is 14.9. The van der Waals surface area contributed by atoms with Crippen LogP contribution in [0.1, 0.15) is 53.4 Å². The molecule has 0 aliphatic heterocycles. The van der Waals surface area contributed by atoms with Gasteiger partial charge < -0.3 is 0 Å². The third-order valence-electron chi connectivity index (χ3n) is 3.61. The molecule has 104 valence electrons. The van der Waals surface area contributed by atoms with Crippen molar-refractivity contribution < 1.29 is 4.79 Å². The van der Waals surface area contributed by atoms with Crippen LogP contribution < -0.4 is 0 Å². The van der Waals surface area contributed by atoms with E-state index >= 15 is 0 Å². The maximum absolute atomic E-state index is 12.8. The molecule has 2 rings (SSSR count). The second kappa shape index (κ2) is 5.24. The van der Waals surface area contributed by atoms with E-state index in [1.807, 2.05) is 44.2 Å². The van der Waals surface area contributed by atoms with E-state index in [2.05, 4.69) is 32.9 Å². The molecule has 1 heteroatoms. The van der Waals surface area contributed by atoms with Crippen LogP contribution >= 0.6 is 0 Å². The number of ketones is 1. The maximum Gasteiger partial charge on any atom is 0.193 e. The van der Waals surface area contributed by atoms with Gasteiger partial charge in [-0.2, -0.15) is 0 Å². The molecule has 0 N–H and O–H groups in total. The Morgan fingerprint density at radius 3 is 2.15 bits per heavy atom. The molecule has 0 amide bonds. The fraction of sp³-hybridized carbons (Fsp3) is 0.316. The highest BCUT2D eigenvalue weighted by atomic mass is 16.1. The van der Waals surface area contributed by atoms with Crippen molar-refractivity contribution in [3.63, 3.8) is 0 Å². The molecule has 2 aromatic rings. The summed E-state index contributed by atoms with van der Waals surface area (Å²) >= 11 is 0. The largest absolute Gasteiger partial charge is 0.289 e. The fourth-order valence-electron chi connectivity index (χ4n) is 2.55. The van der Waals surface area contributed by atoms with Gasteiger partial charge in [-0.1, -0.05) is 68.8 Å². The van der Waals surface area contributed by atoms with E-state index in [0.717, 1.165) is 22.3 Å². The van der Waals surface area contributed by atoms with Gasteiger partial charge in [-0.15, -0.1) is 0 Å². The highest BCUT2D eigenvalue weighted by molar-refractivity contribution is 6.11. The summed E-state index contributed by atoms with van der Waals surface area (Å²) in [6.45, 7) is 10.5. The lowest BCUT2D eigenvalue weighted by atomic mass is 9.81. The Bertz CT molecular complexity index is 645. The van der Waals surface area contributed by atoms with E-state index in [4.69, 9.17) is 0 Å². The summed E-state index contributed by atoms with van der Waals surface area (Å²) in [6.07, 6.45) is 0. The normalized spacial score (nSPS) is 11.4. The minimum Gasteiger partial charge on any atom is -0.289 e. The van der Waals surface area contributed by atoms with Crippen LogP contribution in [0.2, 0.25) is 0 Å². The molecular weight excluding hydrogens is 244 g/mol. The van der Waals surface area contributed by atoms with Crippen molar-refractivity contribution in [2.75, 3.05) is 0 Å². The molecule has 0 aliphatic carbocycles. The first-order valence-corrected chi connectivity index (χ1v) is 7.02. The Morgan fingerprint density at radius 1 is 0.900 bits per heavy atom. The molecule has 20 heavy (non-hydrogen) atoms. The van der Waals surface area contributed by atoms with Gasteiger partial charge in [0.15, 0.2) is 5.78 Å². The minimum atomic E-state index is -0.0369. The Labute approximate surface area is 121 Å². The Kier molecular flexibility index (Phi) is 3.80. The first-order valence-electron chi connectivity index (χ1n) is 7.02. The number of carbonyl (C=O) groups excluding carboxylic acids is 1. The summed E-state index contributed by atoms with van der Waals surface area (Å²) in [7, 11) is 0. The van der Waals surface area contributed by atoms with Crippen molar-refractivity contribution >= 4 is 5.78 Å². The Balaban J connectivity index is 2.55. The first kappa shape index (κ1) is 14.5. The molecule has 0 heterocycles. The van der Waals surface area contributed by atoms with Crippen molar-refractivity contribution in [1.29, 1.82) is 0 Å². The topological polar surface area (TPSA) is 17.1 Å². The van der Waals surface area contributed by atoms with E-state index in [-0.39, 0.29) is 11.2 Å². The predicted octanol–water partition coefficient (Wildman–Crippen LogP) is 4.83. The van der Waals surface area contributed by atoms with E-state index < -0.39 is 0 Å². The van der Waals surface area contributed by atoms with Crippen LogP contribution in [0.25, 0.3) is 0 Å². The molecule has 0 bridgehead atoms. The van der Waals surface area contributed by atoms with Crippen LogP contribution in [0.5, 0.6) is 0 Å². The predicted molar refractivity (Wildman–Crippen MR) is 84.5 cm³/mol. The number of hydrogen-bond acceptors (Lipinski definition) is 1. The first-order chi connectivity index (χ1) is 9.30. The quantitative estimate of drug-likeness (QED) is 0.711. The van der Waals surface area contributed by atoms with Crippen molar-refractivity contribution in [2.45, 2.75) is 40.0 Å². The minimum absolute atomic E-state index is 0.0369. The van der Waals surface area contributed by atoms with E-state index in [9.17, 15) is 4.79 Å². The van der Waals surface area contributed by atoms with Crippen LogP contribution in [0.4, 0.5) is 0 Å². The zero-order valence-corrected chi connectivity index (χ0v) is 12.9. The SMILES string of the molecule is Cc1ccc(C(=O)c2ccccc2C(C)(C)C)c(C)c1. The number of benzene rings is 2. The third kappa shape index (κ3) is 2.82. The zero-order valence-electron chi connectivity index (χ0n) is 12.9. The van der Waals surface area contributed by atoms with Gasteiger partial charge in [0.25, 0.3) is 0 Å². The smallest absolute Gasteiger partial charge is 0.193 e. The lowest BCUT2D eigenvalue weighted by molar-refractivity contribution is 0.103. The van der Waals surface area contributed by atoms with Crippen molar-refractivity contribution in [3.8, 4) is 0 Å². The summed E-state index contributed by atoms with van der Waals surface area (Å²) in [5, 5.41) is 0. The second-order valence-electron chi connectivity index (χ2n) is 6.44. The van der Waals surface area contributed by atoms with Gasteiger partial charge in [-0.3, -0.25) is 4.79 Å². The van der Waals surface area contributed by atoms with Crippen molar-refractivity contribution in [3.05, 3.63) is 70.3 Å². The molecule has 2 aromatic carbocycles. The fourth-order valence-corrected chi connectivity index (χ4v) is 2.55. The highest BCUT2D eigenvalue weighted by Gasteiger charge is 2.22. The van der Waals surface area contributed by atoms with Crippen molar-refractivity contribution in [1.82, 2.24) is 0 Å². The standard InChI is InChI=1S/C19H22O/c1-13-10-11-15(14(2)12-13)18(20)16-8-6-7-9-17(16)19(3,4)5/h6-12H,1-5H3. The van der Waals surface area contributed by atoms with Gasteiger partial charge in [0.1, 0.15) is 0 Å². The molecule has 0 unspecified atom stereocenters. The van der Waals surface area contributed by atoms with E-state index in [0.29, 0.717) is 0 Å². The van der Waals surface area contributed by atoms with Crippen LogP contribution in [0.15, 0.2) is 42.5 Å². The maximum atomic E-state index is 12.8. The molecular formula is C19H22O. The number of aryl methyl sites for hydroxylation is 2.